The molecule has 0 fully saturated rings. The highest BCUT2D eigenvalue weighted by atomic mass is 32.1. The van der Waals surface area contributed by atoms with E-state index in [1.807, 2.05) is 29.6 Å². The second-order valence-electron chi connectivity index (χ2n) is 4.48. The van der Waals surface area contributed by atoms with Gasteiger partial charge in [0, 0.05) is 10.3 Å². The Morgan fingerprint density at radius 3 is 2.80 bits per heavy atom. The van der Waals surface area contributed by atoms with Crippen molar-refractivity contribution in [3.05, 3.63) is 64.8 Å². The number of hydrogen-bond acceptors (Lipinski definition) is 3. The van der Waals surface area contributed by atoms with E-state index < -0.39 is 11.9 Å². The topological polar surface area (TPSA) is 29.5 Å². The van der Waals surface area contributed by atoms with E-state index in [1.54, 1.807) is 17.4 Å². The molecule has 2 aromatic carbocycles. The van der Waals surface area contributed by atoms with Crippen LogP contribution in [0.2, 0.25) is 0 Å². The molecule has 0 bridgehead atoms. The Hall–Kier alpha value is -1.91. The van der Waals surface area contributed by atoms with Crippen LogP contribution in [0.4, 0.5) is 4.39 Å². The van der Waals surface area contributed by atoms with Crippen molar-refractivity contribution in [3.8, 4) is 5.75 Å². The van der Waals surface area contributed by atoms with Gasteiger partial charge in [-0.2, -0.15) is 0 Å². The summed E-state index contributed by atoms with van der Waals surface area (Å²) in [5.74, 6) is -0.294. The maximum atomic E-state index is 13.7. The van der Waals surface area contributed by atoms with Gasteiger partial charge in [-0.25, -0.2) is 4.39 Å². The van der Waals surface area contributed by atoms with Gasteiger partial charge in [0.05, 0.1) is 7.11 Å². The van der Waals surface area contributed by atoms with Gasteiger partial charge in [-0.3, -0.25) is 0 Å². The third-order valence-corrected chi connectivity index (χ3v) is 4.27. The van der Waals surface area contributed by atoms with Gasteiger partial charge >= 0.3 is 0 Å². The molecule has 1 heterocycles. The summed E-state index contributed by atoms with van der Waals surface area (Å²) < 4.78 is 19.7. The standard InChI is InChI=1S/C16H13FO2S/c1-19-14-6-5-11(9-13(14)17)15(18)12-4-2-3-10-7-8-20-16(10)12/h2-9,15,18H,1H3. The first-order valence-electron chi connectivity index (χ1n) is 6.18. The van der Waals surface area contributed by atoms with Crippen LogP contribution < -0.4 is 4.74 Å². The maximum absolute atomic E-state index is 13.7. The molecule has 0 spiro atoms. The van der Waals surface area contributed by atoms with Crippen LogP contribution >= 0.6 is 11.3 Å². The molecule has 1 N–H and O–H groups in total. The van der Waals surface area contributed by atoms with Gasteiger partial charge in [0.25, 0.3) is 0 Å². The number of methoxy groups -OCH3 is 1. The van der Waals surface area contributed by atoms with Crippen LogP contribution in [0, 0.1) is 5.82 Å². The SMILES string of the molecule is COc1ccc(C(O)c2cccc3ccsc23)cc1F. The van der Waals surface area contributed by atoms with Gasteiger partial charge in [0.1, 0.15) is 6.10 Å². The Morgan fingerprint density at radius 2 is 2.05 bits per heavy atom. The number of halogens is 1. The molecule has 1 unspecified atom stereocenters. The Balaban J connectivity index is 2.06. The highest BCUT2D eigenvalue weighted by molar-refractivity contribution is 7.17. The molecule has 2 nitrogen and oxygen atoms in total. The molecular weight excluding hydrogens is 275 g/mol. The minimum Gasteiger partial charge on any atom is -0.494 e. The lowest BCUT2D eigenvalue weighted by Gasteiger charge is -2.13. The van der Waals surface area contributed by atoms with Crippen LogP contribution in [0.15, 0.2) is 47.8 Å². The van der Waals surface area contributed by atoms with Gasteiger partial charge in [-0.1, -0.05) is 24.3 Å². The second-order valence-corrected chi connectivity index (χ2v) is 5.40. The van der Waals surface area contributed by atoms with Gasteiger partial charge in [-0.05, 0) is 34.5 Å². The van der Waals surface area contributed by atoms with E-state index >= 15 is 0 Å². The lowest BCUT2D eigenvalue weighted by atomic mass is 10.0. The predicted octanol–water partition coefficient (Wildman–Crippen LogP) is 4.13. The smallest absolute Gasteiger partial charge is 0.165 e. The Labute approximate surface area is 120 Å². The monoisotopic (exact) mass is 288 g/mol. The molecule has 0 aliphatic carbocycles. The lowest BCUT2D eigenvalue weighted by Crippen LogP contribution is -2.01. The fourth-order valence-electron chi connectivity index (χ4n) is 2.26. The molecule has 20 heavy (non-hydrogen) atoms. The number of rotatable bonds is 3. The van der Waals surface area contributed by atoms with Crippen LogP contribution in [0.5, 0.6) is 5.75 Å². The third kappa shape index (κ3) is 2.17. The molecule has 0 amide bonds. The lowest BCUT2D eigenvalue weighted by molar-refractivity contribution is 0.221. The molecule has 1 atom stereocenters. The van der Waals surface area contributed by atoms with E-state index in [-0.39, 0.29) is 5.75 Å². The summed E-state index contributed by atoms with van der Waals surface area (Å²) in [7, 11) is 1.42. The third-order valence-electron chi connectivity index (χ3n) is 3.30. The molecule has 0 aliphatic rings. The Bertz CT molecular complexity index is 751. The molecule has 1 aromatic heterocycles. The first-order valence-corrected chi connectivity index (χ1v) is 7.06. The van der Waals surface area contributed by atoms with Gasteiger partial charge < -0.3 is 9.84 Å². The number of hydrogen-bond donors (Lipinski definition) is 1. The molecule has 0 saturated heterocycles. The van der Waals surface area contributed by atoms with E-state index in [4.69, 9.17) is 4.74 Å². The first-order chi connectivity index (χ1) is 9.70. The van der Waals surface area contributed by atoms with Gasteiger partial charge in [-0.15, -0.1) is 11.3 Å². The van der Waals surface area contributed by atoms with Crippen LogP contribution in [-0.4, -0.2) is 12.2 Å². The fraction of sp³-hybridized carbons (Fsp3) is 0.125. The zero-order chi connectivity index (χ0) is 14.1. The molecule has 102 valence electrons. The van der Waals surface area contributed by atoms with Crippen molar-refractivity contribution < 1.29 is 14.2 Å². The van der Waals surface area contributed by atoms with E-state index in [9.17, 15) is 9.50 Å². The summed E-state index contributed by atoms with van der Waals surface area (Å²) in [6, 6.07) is 12.3. The van der Waals surface area contributed by atoms with Gasteiger partial charge in [0.2, 0.25) is 0 Å². The minimum atomic E-state index is -0.849. The molecule has 3 aromatic rings. The van der Waals surface area contributed by atoms with Crippen molar-refractivity contribution >= 4 is 21.4 Å². The van der Waals surface area contributed by atoms with Crippen LogP contribution in [0.25, 0.3) is 10.1 Å². The molecule has 4 heteroatoms. The van der Waals surface area contributed by atoms with Crippen LogP contribution in [0.1, 0.15) is 17.2 Å². The predicted molar refractivity (Wildman–Crippen MR) is 78.8 cm³/mol. The van der Waals surface area contributed by atoms with E-state index in [2.05, 4.69) is 0 Å². The summed E-state index contributed by atoms with van der Waals surface area (Å²) >= 11 is 1.57. The van der Waals surface area contributed by atoms with Crippen molar-refractivity contribution in [1.29, 1.82) is 0 Å². The number of fused-ring (bicyclic) bond motifs is 1. The van der Waals surface area contributed by atoms with E-state index in [0.717, 1.165) is 15.6 Å². The maximum Gasteiger partial charge on any atom is 0.165 e. The molecule has 0 saturated carbocycles. The van der Waals surface area contributed by atoms with E-state index in [0.29, 0.717) is 5.56 Å². The first kappa shape index (κ1) is 13.1. The van der Waals surface area contributed by atoms with Crippen LogP contribution in [-0.2, 0) is 0 Å². The molecule has 0 aliphatic heterocycles. The number of ether oxygens (including phenoxy) is 1. The second kappa shape index (κ2) is 5.23. The van der Waals surface area contributed by atoms with Crippen molar-refractivity contribution in [3.63, 3.8) is 0 Å². The molecule has 0 radical (unpaired) electrons. The Kier molecular flexibility index (Phi) is 3.42. The van der Waals surface area contributed by atoms with Crippen molar-refractivity contribution in [1.82, 2.24) is 0 Å². The number of aliphatic hydroxyl groups is 1. The average molecular weight is 288 g/mol. The summed E-state index contributed by atoms with van der Waals surface area (Å²) in [5.41, 5.74) is 1.31. The van der Waals surface area contributed by atoms with Crippen molar-refractivity contribution in [2.45, 2.75) is 6.10 Å². The van der Waals surface area contributed by atoms with Crippen LogP contribution in [0.3, 0.4) is 0 Å². The largest absolute Gasteiger partial charge is 0.494 e. The normalized spacial score (nSPS) is 12.6. The number of thiophene rings is 1. The zero-order valence-corrected chi connectivity index (χ0v) is 11.7. The minimum absolute atomic E-state index is 0.176. The highest BCUT2D eigenvalue weighted by Crippen LogP contribution is 2.33. The highest BCUT2D eigenvalue weighted by Gasteiger charge is 2.16. The van der Waals surface area contributed by atoms with Crippen molar-refractivity contribution in [2.24, 2.45) is 0 Å². The summed E-state index contributed by atoms with van der Waals surface area (Å²) in [5, 5.41) is 13.6. The number of aliphatic hydroxyl groups excluding tert-OH is 1. The quantitative estimate of drug-likeness (QED) is 0.785. The van der Waals surface area contributed by atoms with Gasteiger partial charge in [0.15, 0.2) is 11.6 Å². The Morgan fingerprint density at radius 1 is 1.20 bits per heavy atom. The molecular formula is C16H13FO2S. The number of benzene rings is 2. The summed E-state index contributed by atoms with van der Waals surface area (Å²) in [6.45, 7) is 0. The molecule has 3 rings (SSSR count). The van der Waals surface area contributed by atoms with Crippen molar-refractivity contribution in [2.75, 3.05) is 7.11 Å². The summed E-state index contributed by atoms with van der Waals surface area (Å²) in [6.07, 6.45) is -0.849. The fourth-order valence-corrected chi connectivity index (χ4v) is 3.20. The summed E-state index contributed by atoms with van der Waals surface area (Å²) in [4.78, 5) is 0. The zero-order valence-electron chi connectivity index (χ0n) is 10.8. The van der Waals surface area contributed by atoms with E-state index in [1.165, 1.54) is 19.2 Å². The average Bonchev–Trinajstić information content (AvgIpc) is 2.94.